The summed E-state index contributed by atoms with van der Waals surface area (Å²) >= 11 is 0. The lowest BCUT2D eigenvalue weighted by Gasteiger charge is -2.34. The van der Waals surface area contributed by atoms with Crippen molar-refractivity contribution >= 4 is 11.8 Å². The first kappa shape index (κ1) is 28.8. The third-order valence-electron chi connectivity index (χ3n) is 8.60. The van der Waals surface area contributed by atoms with Crippen molar-refractivity contribution < 1.29 is 14.3 Å². The monoisotopic (exact) mass is 555 g/mol. The molecule has 5 rings (SSSR count). The molecule has 3 heterocycles. The molecule has 8 heteroatoms. The number of methoxy groups -OCH3 is 1. The molecule has 3 aromatic rings. The second-order valence-electron chi connectivity index (χ2n) is 11.4. The van der Waals surface area contributed by atoms with E-state index in [-0.39, 0.29) is 18.0 Å². The summed E-state index contributed by atoms with van der Waals surface area (Å²) in [6, 6.07) is 18.4. The minimum absolute atomic E-state index is 0.0777. The van der Waals surface area contributed by atoms with E-state index in [0.29, 0.717) is 19.0 Å². The van der Waals surface area contributed by atoms with E-state index in [9.17, 15) is 9.59 Å². The fraction of sp³-hybridized carbons (Fsp3) is 0.424. The van der Waals surface area contributed by atoms with E-state index in [1.165, 1.54) is 0 Å². The topological polar surface area (TPSA) is 86.8 Å². The molecular weight excluding hydrogens is 514 g/mol. The minimum Gasteiger partial charge on any atom is -0.497 e. The van der Waals surface area contributed by atoms with Gasteiger partial charge in [0, 0.05) is 52.0 Å². The number of likely N-dealkylation sites (tertiary alicyclic amines) is 1. The van der Waals surface area contributed by atoms with E-state index < -0.39 is 5.54 Å². The van der Waals surface area contributed by atoms with Gasteiger partial charge >= 0.3 is 0 Å². The normalized spacial score (nSPS) is 21.4. The predicted molar refractivity (Wildman–Crippen MR) is 160 cm³/mol. The SMILES string of the molecule is COc1ccc(CNCc2cccnc2)c(-c2cccc(C3(C)NC(C)N(CC4CCN(C(C)=O)CC4)C3=O)c2)c1. The van der Waals surface area contributed by atoms with Gasteiger partial charge in [-0.3, -0.25) is 19.9 Å². The smallest absolute Gasteiger partial charge is 0.248 e. The Morgan fingerprint density at radius 3 is 2.63 bits per heavy atom. The number of amides is 2. The van der Waals surface area contributed by atoms with Gasteiger partial charge in [-0.15, -0.1) is 0 Å². The van der Waals surface area contributed by atoms with Gasteiger partial charge in [-0.1, -0.05) is 30.3 Å². The number of pyridine rings is 1. The number of hydrogen-bond donors (Lipinski definition) is 2. The highest BCUT2D eigenvalue weighted by Gasteiger charge is 2.48. The third-order valence-corrected chi connectivity index (χ3v) is 8.60. The number of hydrogen-bond acceptors (Lipinski definition) is 6. The number of ether oxygens (including phenoxy) is 1. The number of nitrogens with one attached hydrogen (secondary N) is 2. The summed E-state index contributed by atoms with van der Waals surface area (Å²) in [7, 11) is 1.68. The van der Waals surface area contributed by atoms with Gasteiger partial charge in [0.05, 0.1) is 13.3 Å². The Labute approximate surface area is 243 Å². The van der Waals surface area contributed by atoms with Gasteiger partial charge in [-0.25, -0.2) is 0 Å². The van der Waals surface area contributed by atoms with Crippen LogP contribution in [0.4, 0.5) is 0 Å². The van der Waals surface area contributed by atoms with Crippen molar-refractivity contribution in [2.45, 2.75) is 58.4 Å². The number of carbonyl (C=O) groups is 2. The zero-order valence-electron chi connectivity index (χ0n) is 24.5. The molecule has 0 saturated carbocycles. The maximum absolute atomic E-state index is 13.9. The number of nitrogens with zero attached hydrogens (tertiary/aromatic N) is 3. The Kier molecular flexibility index (Phi) is 8.71. The average Bonchev–Trinajstić information content (AvgIpc) is 3.21. The summed E-state index contributed by atoms with van der Waals surface area (Å²) in [4.78, 5) is 33.8. The number of aromatic nitrogens is 1. The lowest BCUT2D eigenvalue weighted by molar-refractivity contribution is -0.135. The highest BCUT2D eigenvalue weighted by atomic mass is 16.5. The van der Waals surface area contributed by atoms with Crippen LogP contribution in [0.3, 0.4) is 0 Å². The summed E-state index contributed by atoms with van der Waals surface area (Å²) in [5.41, 5.74) is 4.51. The molecule has 0 radical (unpaired) electrons. The summed E-state index contributed by atoms with van der Waals surface area (Å²) < 4.78 is 5.57. The van der Waals surface area contributed by atoms with E-state index in [1.807, 2.05) is 47.2 Å². The van der Waals surface area contributed by atoms with Crippen molar-refractivity contribution in [3.63, 3.8) is 0 Å². The summed E-state index contributed by atoms with van der Waals surface area (Å²) in [6.45, 7) is 9.32. The van der Waals surface area contributed by atoms with Crippen molar-refractivity contribution in [2.24, 2.45) is 5.92 Å². The molecule has 2 unspecified atom stereocenters. The van der Waals surface area contributed by atoms with Crippen LogP contribution in [0.15, 0.2) is 67.0 Å². The summed E-state index contributed by atoms with van der Waals surface area (Å²) in [6.07, 6.45) is 5.43. The Morgan fingerprint density at radius 2 is 1.93 bits per heavy atom. The summed E-state index contributed by atoms with van der Waals surface area (Å²) in [5, 5.41) is 7.13. The van der Waals surface area contributed by atoms with Crippen molar-refractivity contribution in [1.29, 1.82) is 0 Å². The Morgan fingerprint density at radius 1 is 1.12 bits per heavy atom. The second kappa shape index (κ2) is 12.4. The van der Waals surface area contributed by atoms with Crippen molar-refractivity contribution in [3.05, 3.63) is 83.7 Å². The van der Waals surface area contributed by atoms with Crippen molar-refractivity contribution in [3.8, 4) is 16.9 Å². The van der Waals surface area contributed by atoms with Gasteiger partial charge in [-0.05, 0) is 84.7 Å². The standard InChI is InChI=1S/C33H41N5O3/c1-23-36-33(3,32(40)38(23)22-25-12-15-37(16-13-25)24(2)39)29-9-5-8-27(17-29)31-18-30(41-4)11-10-28(31)21-35-20-26-7-6-14-34-19-26/h5-11,14,17-19,23,25,35-36H,12-13,15-16,20-22H2,1-4H3. The summed E-state index contributed by atoms with van der Waals surface area (Å²) in [5.74, 6) is 1.41. The van der Waals surface area contributed by atoms with Crippen LogP contribution in [0.1, 0.15) is 50.3 Å². The Balaban J connectivity index is 1.34. The number of carbonyl (C=O) groups excluding carboxylic acids is 2. The van der Waals surface area contributed by atoms with Crippen molar-refractivity contribution in [1.82, 2.24) is 25.4 Å². The molecule has 2 saturated heterocycles. The molecule has 216 valence electrons. The van der Waals surface area contributed by atoms with Crippen LogP contribution in [0.2, 0.25) is 0 Å². The largest absolute Gasteiger partial charge is 0.497 e. The zero-order chi connectivity index (χ0) is 29.0. The Bertz CT molecular complexity index is 1370. The molecule has 2 atom stereocenters. The molecule has 0 spiro atoms. The first-order valence-electron chi connectivity index (χ1n) is 14.5. The first-order valence-corrected chi connectivity index (χ1v) is 14.5. The first-order chi connectivity index (χ1) is 19.8. The van der Waals surface area contributed by atoms with Gasteiger partial charge in [0.15, 0.2) is 0 Å². The van der Waals surface area contributed by atoms with E-state index >= 15 is 0 Å². The number of rotatable bonds is 9. The van der Waals surface area contributed by atoms with Crippen molar-refractivity contribution in [2.75, 3.05) is 26.7 Å². The zero-order valence-corrected chi connectivity index (χ0v) is 24.5. The average molecular weight is 556 g/mol. The lowest BCUT2D eigenvalue weighted by atomic mass is 9.88. The minimum atomic E-state index is -0.826. The maximum atomic E-state index is 13.9. The van der Waals surface area contributed by atoms with E-state index in [0.717, 1.165) is 66.0 Å². The molecule has 8 nitrogen and oxygen atoms in total. The van der Waals surface area contributed by atoms with E-state index in [1.54, 1.807) is 20.2 Å². The maximum Gasteiger partial charge on any atom is 0.248 e. The number of piperidine rings is 1. The van der Waals surface area contributed by atoms with Gasteiger partial charge in [0.1, 0.15) is 11.3 Å². The molecule has 2 aliphatic heterocycles. The van der Waals surface area contributed by atoms with Gasteiger partial charge < -0.3 is 19.9 Å². The van der Waals surface area contributed by atoms with Crippen LogP contribution in [0.25, 0.3) is 11.1 Å². The highest BCUT2D eigenvalue weighted by molar-refractivity contribution is 5.90. The van der Waals surface area contributed by atoms with Crippen LogP contribution in [-0.4, -0.2) is 59.5 Å². The van der Waals surface area contributed by atoms with Crippen LogP contribution < -0.4 is 15.4 Å². The molecule has 2 fully saturated rings. The predicted octanol–water partition coefficient (Wildman–Crippen LogP) is 4.30. The van der Waals surface area contributed by atoms with Gasteiger partial charge in [0.25, 0.3) is 0 Å². The van der Waals surface area contributed by atoms with Crippen LogP contribution in [0, 0.1) is 5.92 Å². The van der Waals surface area contributed by atoms with Crippen LogP contribution >= 0.6 is 0 Å². The molecule has 0 bridgehead atoms. The van der Waals surface area contributed by atoms with E-state index in [4.69, 9.17) is 4.74 Å². The molecular formula is C33H41N5O3. The third kappa shape index (κ3) is 6.29. The van der Waals surface area contributed by atoms with Crippen LogP contribution in [-0.2, 0) is 28.2 Å². The molecule has 2 N–H and O–H groups in total. The fourth-order valence-corrected chi connectivity index (χ4v) is 6.12. The molecule has 0 aliphatic carbocycles. The quantitative estimate of drug-likeness (QED) is 0.410. The molecule has 1 aromatic heterocycles. The fourth-order valence-electron chi connectivity index (χ4n) is 6.12. The second-order valence-corrected chi connectivity index (χ2v) is 11.4. The number of benzene rings is 2. The van der Waals surface area contributed by atoms with Gasteiger partial charge in [0.2, 0.25) is 11.8 Å². The Hall–Kier alpha value is -3.75. The van der Waals surface area contributed by atoms with E-state index in [2.05, 4.69) is 52.9 Å². The van der Waals surface area contributed by atoms with Crippen LogP contribution in [0.5, 0.6) is 5.75 Å². The van der Waals surface area contributed by atoms with Gasteiger partial charge in [-0.2, -0.15) is 0 Å². The molecule has 41 heavy (non-hydrogen) atoms. The molecule has 2 aromatic carbocycles. The highest BCUT2D eigenvalue weighted by Crippen LogP contribution is 2.36. The molecule has 2 amide bonds. The molecule has 2 aliphatic rings. The lowest BCUT2D eigenvalue weighted by Crippen LogP contribution is -2.44.